The van der Waals surface area contributed by atoms with Crippen LogP contribution in [-0.2, 0) is 10.7 Å². The summed E-state index contributed by atoms with van der Waals surface area (Å²) < 4.78 is 9.62. The molecule has 38 heavy (non-hydrogen) atoms. The second kappa shape index (κ2) is 12.6. The van der Waals surface area contributed by atoms with Crippen molar-refractivity contribution in [3.8, 4) is 17.6 Å². The molecule has 0 radical (unpaired) electrons. The molecule has 4 aromatic rings. The summed E-state index contributed by atoms with van der Waals surface area (Å²) >= 11 is 0. The molecule has 2 heterocycles. The number of aromatic nitrogens is 1. The van der Waals surface area contributed by atoms with Crippen molar-refractivity contribution >= 4 is 28.2 Å². The number of carbonyl (C=O) groups excluding carboxylic acids is 2. The maximum Gasteiger partial charge on any atom is 0.291 e. The third kappa shape index (κ3) is 6.82. The van der Waals surface area contributed by atoms with E-state index in [0.717, 1.165) is 5.56 Å². The molecule has 4 N–H and O–H groups in total. The molecule has 9 heteroatoms. The number of amides is 2. The van der Waals surface area contributed by atoms with Crippen LogP contribution in [0.2, 0.25) is 0 Å². The highest BCUT2D eigenvalue weighted by molar-refractivity contribution is 7.87. The van der Waals surface area contributed by atoms with E-state index in [-0.39, 0.29) is 17.4 Å². The minimum atomic E-state index is -0.850. The summed E-state index contributed by atoms with van der Waals surface area (Å²) in [4.78, 5) is 30.2. The lowest BCUT2D eigenvalue weighted by atomic mass is 10.1. The van der Waals surface area contributed by atoms with Gasteiger partial charge in [-0.3, -0.25) is 14.6 Å². The van der Waals surface area contributed by atoms with Crippen LogP contribution >= 0.6 is 0 Å². The maximum absolute atomic E-state index is 13.0. The first-order chi connectivity index (χ1) is 18.4. The highest BCUT2D eigenvalue weighted by Crippen LogP contribution is 2.23. The predicted octanol–water partition coefficient (Wildman–Crippen LogP) is 4.69. The molecule has 0 spiro atoms. The van der Waals surface area contributed by atoms with Gasteiger partial charge in [0.1, 0.15) is 5.75 Å². The van der Waals surface area contributed by atoms with E-state index in [4.69, 9.17) is 10.2 Å². The summed E-state index contributed by atoms with van der Waals surface area (Å²) in [6.45, 7) is 2.26. The van der Waals surface area contributed by atoms with Crippen molar-refractivity contribution in [2.24, 2.45) is 10.1 Å². The van der Waals surface area contributed by atoms with Gasteiger partial charge in [-0.15, -0.1) is 0 Å². The molecule has 0 fully saturated rings. The molecule has 2 aromatic heterocycles. The van der Waals surface area contributed by atoms with Gasteiger partial charge in [0.25, 0.3) is 11.8 Å². The number of nitrogens with two attached hydrogens (primary N) is 1. The lowest BCUT2D eigenvalue weighted by Gasteiger charge is -2.09. The van der Waals surface area contributed by atoms with Gasteiger partial charge in [-0.05, 0) is 62.4 Å². The van der Waals surface area contributed by atoms with Crippen molar-refractivity contribution in [1.82, 2.24) is 4.98 Å². The van der Waals surface area contributed by atoms with E-state index in [0.29, 0.717) is 46.0 Å². The topological polar surface area (TPSA) is 131 Å². The Morgan fingerprint density at radius 3 is 2.66 bits per heavy atom. The van der Waals surface area contributed by atoms with E-state index in [1.165, 1.54) is 12.5 Å². The SMILES string of the molecule is Cc1ccoc1C(=O)Nc1cccc(C#Cc2cncc(C(=O)N=S(CCCN)c3ccccc3O)c2)c1. The van der Waals surface area contributed by atoms with Gasteiger partial charge >= 0.3 is 0 Å². The monoisotopic (exact) mass is 526 g/mol. The minimum absolute atomic E-state index is 0.0971. The van der Waals surface area contributed by atoms with Crippen LogP contribution in [0.3, 0.4) is 0 Å². The van der Waals surface area contributed by atoms with Crippen LogP contribution in [0.1, 0.15) is 44.0 Å². The summed E-state index contributed by atoms with van der Waals surface area (Å²) in [7, 11) is -0.850. The van der Waals surface area contributed by atoms with Crippen LogP contribution in [-0.4, -0.2) is 34.2 Å². The van der Waals surface area contributed by atoms with E-state index < -0.39 is 16.6 Å². The smallest absolute Gasteiger partial charge is 0.291 e. The quantitative estimate of drug-likeness (QED) is 0.300. The van der Waals surface area contributed by atoms with E-state index >= 15 is 0 Å². The number of phenols is 1. The zero-order valence-corrected chi connectivity index (χ0v) is 21.5. The molecule has 0 aliphatic rings. The summed E-state index contributed by atoms with van der Waals surface area (Å²) in [5.41, 5.74) is 8.49. The number of nitrogens with zero attached hydrogens (tertiary/aromatic N) is 2. The second-order valence-electron chi connectivity index (χ2n) is 8.26. The van der Waals surface area contributed by atoms with Crippen LogP contribution in [0.25, 0.3) is 0 Å². The third-order valence-electron chi connectivity index (χ3n) is 5.38. The number of pyridine rings is 1. The standard InChI is InChI=1S/C29H26N4O4S/c1-20-12-14-37-27(20)29(36)32-24-7-4-6-21(17-24)10-11-22-16-23(19-31-18-22)28(35)33-38(15-5-13-30)26-9-3-2-8-25(26)34/h2-4,6-9,12,14,16-19,34H,5,13,15,30H2,1H3,(H,32,36). The number of aromatic hydroxyl groups is 1. The Kier molecular flexibility index (Phi) is 8.82. The number of hydrogen-bond donors (Lipinski definition) is 3. The van der Waals surface area contributed by atoms with Crippen LogP contribution in [0, 0.1) is 18.8 Å². The molecule has 0 saturated carbocycles. The lowest BCUT2D eigenvalue weighted by Crippen LogP contribution is -2.12. The van der Waals surface area contributed by atoms with Gasteiger partial charge in [0, 0.05) is 40.5 Å². The second-order valence-corrected chi connectivity index (χ2v) is 10.0. The van der Waals surface area contributed by atoms with E-state index in [2.05, 4.69) is 26.5 Å². The number of rotatable bonds is 7. The lowest BCUT2D eigenvalue weighted by molar-refractivity contribution is 0.0991. The van der Waals surface area contributed by atoms with Crippen molar-refractivity contribution in [2.45, 2.75) is 18.2 Å². The average molecular weight is 527 g/mol. The van der Waals surface area contributed by atoms with Crippen molar-refractivity contribution in [3.05, 3.63) is 107 Å². The van der Waals surface area contributed by atoms with Crippen molar-refractivity contribution in [1.29, 1.82) is 0 Å². The Labute approximate surface area is 223 Å². The Bertz CT molecular complexity index is 1570. The van der Waals surface area contributed by atoms with E-state index in [1.807, 2.05) is 6.07 Å². The molecular weight excluding hydrogens is 500 g/mol. The van der Waals surface area contributed by atoms with Crippen molar-refractivity contribution in [2.75, 3.05) is 17.6 Å². The first-order valence-electron chi connectivity index (χ1n) is 11.8. The largest absolute Gasteiger partial charge is 0.507 e. The third-order valence-corrected chi connectivity index (χ3v) is 7.29. The van der Waals surface area contributed by atoms with Crippen molar-refractivity contribution in [3.63, 3.8) is 0 Å². The highest BCUT2D eigenvalue weighted by Gasteiger charge is 2.13. The average Bonchev–Trinajstić information content (AvgIpc) is 3.36. The Balaban J connectivity index is 1.53. The first-order valence-corrected chi connectivity index (χ1v) is 13.2. The van der Waals surface area contributed by atoms with Gasteiger partial charge in [0.05, 0.1) is 16.7 Å². The van der Waals surface area contributed by atoms with Crippen LogP contribution in [0.4, 0.5) is 5.69 Å². The molecule has 1 atom stereocenters. The molecular formula is C29H26N4O4S. The fourth-order valence-electron chi connectivity index (χ4n) is 3.47. The summed E-state index contributed by atoms with van der Waals surface area (Å²) in [5.74, 6) is 6.17. The minimum Gasteiger partial charge on any atom is -0.507 e. The molecule has 0 aliphatic carbocycles. The normalized spacial score (nSPS) is 11.4. The van der Waals surface area contributed by atoms with Crippen LogP contribution < -0.4 is 11.1 Å². The number of furan rings is 1. The number of aryl methyl sites for hydroxylation is 1. The number of anilines is 1. The van der Waals surface area contributed by atoms with E-state index in [1.54, 1.807) is 67.7 Å². The van der Waals surface area contributed by atoms with Gasteiger partial charge in [-0.2, -0.15) is 4.36 Å². The number of carbonyl (C=O) groups is 2. The predicted molar refractivity (Wildman–Crippen MR) is 147 cm³/mol. The highest BCUT2D eigenvalue weighted by atomic mass is 32.2. The Morgan fingerprint density at radius 2 is 1.89 bits per heavy atom. The van der Waals surface area contributed by atoms with Crippen molar-refractivity contribution < 1.29 is 19.1 Å². The molecule has 0 aliphatic heterocycles. The van der Waals surface area contributed by atoms with Gasteiger partial charge < -0.3 is 20.6 Å². The van der Waals surface area contributed by atoms with Gasteiger partial charge in [-0.1, -0.05) is 40.7 Å². The molecule has 4 rings (SSSR count). The molecule has 2 amide bonds. The molecule has 8 nitrogen and oxygen atoms in total. The molecule has 2 aromatic carbocycles. The summed E-state index contributed by atoms with van der Waals surface area (Å²) in [6, 6.07) is 17.3. The number of benzene rings is 2. The van der Waals surface area contributed by atoms with Crippen LogP contribution in [0.15, 0.2) is 93.0 Å². The van der Waals surface area contributed by atoms with Gasteiger partial charge in [0.2, 0.25) is 0 Å². The fourth-order valence-corrected chi connectivity index (χ4v) is 5.17. The van der Waals surface area contributed by atoms with E-state index in [9.17, 15) is 14.7 Å². The Morgan fingerprint density at radius 1 is 1.08 bits per heavy atom. The number of para-hydroxylation sites is 1. The molecule has 0 saturated heterocycles. The summed E-state index contributed by atoms with van der Waals surface area (Å²) in [5, 5.41) is 13.1. The zero-order chi connectivity index (χ0) is 26.9. The van der Waals surface area contributed by atoms with Gasteiger partial charge in [-0.25, -0.2) is 0 Å². The van der Waals surface area contributed by atoms with Gasteiger partial charge in [0.15, 0.2) is 5.76 Å². The number of hydrogen-bond acceptors (Lipinski definition) is 6. The molecule has 0 bridgehead atoms. The molecule has 1 unspecified atom stereocenters. The number of nitrogens with one attached hydrogen (secondary N) is 1. The molecule has 192 valence electrons. The first kappa shape index (κ1) is 26.5. The number of phenolic OH excluding ortho intramolecular Hbond substituents is 1. The Hall–Kier alpha value is -4.52. The maximum atomic E-state index is 13.0. The zero-order valence-electron chi connectivity index (χ0n) is 20.7. The summed E-state index contributed by atoms with van der Waals surface area (Å²) in [6.07, 6.45) is 5.14. The fraction of sp³-hybridized carbons (Fsp3) is 0.138. The van der Waals surface area contributed by atoms with Crippen LogP contribution in [0.5, 0.6) is 5.75 Å².